The zero-order valence-electron chi connectivity index (χ0n) is 11.9. The second-order valence-electron chi connectivity index (χ2n) is 5.04. The van der Waals surface area contributed by atoms with Gasteiger partial charge in [0, 0.05) is 16.8 Å². The summed E-state index contributed by atoms with van der Waals surface area (Å²) in [5.74, 6) is 0.0740. The number of nitrogens with two attached hydrogens (primary N) is 1. The molecule has 3 aromatic carbocycles. The average Bonchev–Trinajstić information content (AvgIpc) is 2.46. The van der Waals surface area contributed by atoms with E-state index in [4.69, 9.17) is 5.73 Å². The predicted molar refractivity (Wildman–Crippen MR) is 89.6 cm³/mol. The SMILES string of the molecule is Nc1cc(Nc2ccccc2S(=O)(=O)O)cc2cccc(O)c12. The van der Waals surface area contributed by atoms with Crippen LogP contribution in [0.25, 0.3) is 10.8 Å². The number of rotatable bonds is 3. The summed E-state index contributed by atoms with van der Waals surface area (Å²) in [7, 11) is -4.35. The van der Waals surface area contributed by atoms with Crippen LogP contribution in [0.15, 0.2) is 59.5 Å². The van der Waals surface area contributed by atoms with Crippen LogP contribution in [0.5, 0.6) is 5.75 Å². The Morgan fingerprint density at radius 3 is 2.48 bits per heavy atom. The van der Waals surface area contributed by atoms with Crippen LogP contribution < -0.4 is 11.1 Å². The molecule has 0 amide bonds. The summed E-state index contributed by atoms with van der Waals surface area (Å²) in [5.41, 5.74) is 7.09. The number of nitrogen functional groups attached to an aromatic ring is 1. The number of fused-ring (bicyclic) bond motifs is 1. The molecule has 0 unspecified atom stereocenters. The van der Waals surface area contributed by atoms with E-state index in [2.05, 4.69) is 5.32 Å². The number of phenols is 1. The number of anilines is 3. The van der Waals surface area contributed by atoms with Gasteiger partial charge in [-0.3, -0.25) is 4.55 Å². The van der Waals surface area contributed by atoms with Crippen LogP contribution in [0.2, 0.25) is 0 Å². The van der Waals surface area contributed by atoms with Gasteiger partial charge in [-0.25, -0.2) is 0 Å². The molecule has 6 nitrogen and oxygen atoms in total. The minimum Gasteiger partial charge on any atom is -0.507 e. The zero-order chi connectivity index (χ0) is 16.6. The zero-order valence-corrected chi connectivity index (χ0v) is 12.7. The first-order chi connectivity index (χ1) is 10.9. The van der Waals surface area contributed by atoms with Crippen molar-refractivity contribution in [3.8, 4) is 5.75 Å². The number of nitrogens with one attached hydrogen (secondary N) is 1. The largest absolute Gasteiger partial charge is 0.507 e. The number of phenolic OH excluding ortho intramolecular Hbond substituents is 1. The van der Waals surface area contributed by atoms with Crippen molar-refractivity contribution in [2.75, 3.05) is 11.1 Å². The van der Waals surface area contributed by atoms with E-state index >= 15 is 0 Å². The molecule has 0 radical (unpaired) electrons. The summed E-state index contributed by atoms with van der Waals surface area (Å²) < 4.78 is 32.1. The summed E-state index contributed by atoms with van der Waals surface area (Å²) in [5, 5.41) is 14.0. The lowest BCUT2D eigenvalue weighted by Gasteiger charge is -2.13. The monoisotopic (exact) mass is 330 g/mol. The van der Waals surface area contributed by atoms with Crippen molar-refractivity contribution < 1.29 is 18.1 Å². The van der Waals surface area contributed by atoms with Gasteiger partial charge in [0.15, 0.2) is 0 Å². The topological polar surface area (TPSA) is 113 Å². The molecule has 7 heteroatoms. The van der Waals surface area contributed by atoms with E-state index in [-0.39, 0.29) is 16.3 Å². The lowest BCUT2D eigenvalue weighted by atomic mass is 10.1. The molecule has 0 aliphatic heterocycles. The minimum absolute atomic E-state index is 0.0740. The molecular formula is C16H14N2O4S. The Labute approximate surface area is 132 Å². The molecule has 3 aromatic rings. The van der Waals surface area contributed by atoms with Crippen molar-refractivity contribution >= 4 is 38.0 Å². The molecule has 118 valence electrons. The van der Waals surface area contributed by atoms with Gasteiger partial charge < -0.3 is 16.2 Å². The van der Waals surface area contributed by atoms with Crippen LogP contribution in [0.3, 0.4) is 0 Å². The molecule has 0 saturated heterocycles. The second-order valence-corrected chi connectivity index (χ2v) is 6.43. The summed E-state index contributed by atoms with van der Waals surface area (Å²) in [6.45, 7) is 0. The maximum atomic E-state index is 11.4. The summed E-state index contributed by atoms with van der Waals surface area (Å²) in [4.78, 5) is -0.227. The molecule has 0 heterocycles. The second kappa shape index (κ2) is 5.45. The lowest BCUT2D eigenvalue weighted by molar-refractivity contribution is 0.481. The number of hydrogen-bond acceptors (Lipinski definition) is 5. The van der Waals surface area contributed by atoms with Crippen LogP contribution in [-0.2, 0) is 10.1 Å². The van der Waals surface area contributed by atoms with Gasteiger partial charge in [0.1, 0.15) is 10.6 Å². The maximum Gasteiger partial charge on any atom is 0.296 e. The van der Waals surface area contributed by atoms with Gasteiger partial charge in [-0.05, 0) is 35.7 Å². The smallest absolute Gasteiger partial charge is 0.296 e. The summed E-state index contributed by atoms with van der Waals surface area (Å²) in [6, 6.07) is 14.3. The molecule has 0 fully saturated rings. The van der Waals surface area contributed by atoms with Gasteiger partial charge in [-0.15, -0.1) is 0 Å². The summed E-state index contributed by atoms with van der Waals surface area (Å²) in [6.07, 6.45) is 0. The van der Waals surface area contributed by atoms with Crippen molar-refractivity contribution in [1.82, 2.24) is 0 Å². The van der Waals surface area contributed by atoms with Crippen molar-refractivity contribution in [3.05, 3.63) is 54.6 Å². The number of hydrogen-bond donors (Lipinski definition) is 4. The quantitative estimate of drug-likeness (QED) is 0.433. The van der Waals surface area contributed by atoms with Crippen molar-refractivity contribution in [2.45, 2.75) is 4.90 Å². The fraction of sp³-hybridized carbons (Fsp3) is 0. The van der Waals surface area contributed by atoms with E-state index in [1.165, 1.54) is 18.2 Å². The molecule has 0 aromatic heterocycles. The van der Waals surface area contributed by atoms with Crippen LogP contribution in [0.1, 0.15) is 0 Å². The fourth-order valence-electron chi connectivity index (χ4n) is 2.46. The number of benzene rings is 3. The third kappa shape index (κ3) is 2.92. The molecular weight excluding hydrogens is 316 g/mol. The molecule has 0 aliphatic carbocycles. The Morgan fingerprint density at radius 1 is 1.00 bits per heavy atom. The Morgan fingerprint density at radius 2 is 1.74 bits per heavy atom. The van der Waals surface area contributed by atoms with Gasteiger partial charge in [-0.2, -0.15) is 8.42 Å². The Bertz CT molecular complexity index is 1000. The highest BCUT2D eigenvalue weighted by atomic mass is 32.2. The normalized spacial score (nSPS) is 11.5. The Kier molecular flexibility index (Phi) is 3.59. The first kappa shape index (κ1) is 15.1. The number of aromatic hydroxyl groups is 1. The molecule has 3 rings (SSSR count). The van der Waals surface area contributed by atoms with E-state index in [9.17, 15) is 18.1 Å². The van der Waals surface area contributed by atoms with Gasteiger partial charge >= 0.3 is 0 Å². The van der Waals surface area contributed by atoms with Gasteiger partial charge in [0.2, 0.25) is 0 Å². The predicted octanol–water partition coefficient (Wildman–Crippen LogP) is 3.12. The van der Waals surface area contributed by atoms with Gasteiger partial charge in [0.05, 0.1) is 5.69 Å². The third-order valence-electron chi connectivity index (χ3n) is 3.43. The Hall–Kier alpha value is -2.77. The highest BCUT2D eigenvalue weighted by Gasteiger charge is 2.15. The lowest BCUT2D eigenvalue weighted by Crippen LogP contribution is -2.03. The minimum atomic E-state index is -4.35. The van der Waals surface area contributed by atoms with E-state index in [0.29, 0.717) is 22.1 Å². The van der Waals surface area contributed by atoms with Crippen LogP contribution in [-0.4, -0.2) is 18.1 Å². The average molecular weight is 330 g/mol. The van der Waals surface area contributed by atoms with Crippen LogP contribution in [0.4, 0.5) is 17.1 Å². The van der Waals surface area contributed by atoms with E-state index in [1.54, 1.807) is 36.4 Å². The molecule has 0 saturated carbocycles. The molecule has 0 atom stereocenters. The highest BCUT2D eigenvalue weighted by Crippen LogP contribution is 2.34. The van der Waals surface area contributed by atoms with Crippen molar-refractivity contribution in [1.29, 1.82) is 0 Å². The van der Waals surface area contributed by atoms with Crippen LogP contribution in [0, 0.1) is 0 Å². The standard InChI is InChI=1S/C16H14N2O4S/c17-12-9-11(8-10-4-3-6-14(19)16(10)12)18-13-5-1-2-7-15(13)23(20,21)22/h1-9,18-19H,17H2,(H,20,21,22). The first-order valence-corrected chi connectivity index (χ1v) is 8.15. The molecule has 0 aliphatic rings. The van der Waals surface area contributed by atoms with E-state index < -0.39 is 10.1 Å². The molecule has 0 bridgehead atoms. The van der Waals surface area contributed by atoms with Crippen LogP contribution >= 0.6 is 0 Å². The third-order valence-corrected chi connectivity index (χ3v) is 4.34. The molecule has 23 heavy (non-hydrogen) atoms. The number of para-hydroxylation sites is 1. The highest BCUT2D eigenvalue weighted by molar-refractivity contribution is 7.86. The van der Waals surface area contributed by atoms with Gasteiger partial charge in [0.25, 0.3) is 10.1 Å². The first-order valence-electron chi connectivity index (χ1n) is 6.71. The Balaban J connectivity index is 2.10. The van der Waals surface area contributed by atoms with E-state index in [0.717, 1.165) is 0 Å². The van der Waals surface area contributed by atoms with Crippen molar-refractivity contribution in [2.24, 2.45) is 0 Å². The van der Waals surface area contributed by atoms with Crippen molar-refractivity contribution in [3.63, 3.8) is 0 Å². The fourth-order valence-corrected chi connectivity index (χ4v) is 3.11. The van der Waals surface area contributed by atoms with Gasteiger partial charge in [-0.1, -0.05) is 24.3 Å². The van der Waals surface area contributed by atoms with E-state index in [1.807, 2.05) is 0 Å². The molecule has 5 N–H and O–H groups in total. The summed E-state index contributed by atoms with van der Waals surface area (Å²) >= 11 is 0. The maximum absolute atomic E-state index is 11.4. The molecule has 0 spiro atoms.